The summed E-state index contributed by atoms with van der Waals surface area (Å²) in [5.41, 5.74) is 14.4. The second-order valence-electron chi connectivity index (χ2n) is 18.8. The molecule has 0 saturated heterocycles. The molecule has 0 radical (unpaired) electrons. The molecule has 5 aromatic heterocycles. The third-order valence-corrected chi connectivity index (χ3v) is 14.2. The summed E-state index contributed by atoms with van der Waals surface area (Å²) in [6.45, 7) is 0. The van der Waals surface area contributed by atoms with Crippen LogP contribution in [0.1, 0.15) is 23.2 Å². The van der Waals surface area contributed by atoms with Crippen molar-refractivity contribution >= 4 is 44.9 Å². The van der Waals surface area contributed by atoms with Gasteiger partial charge in [-0.3, -0.25) is 4.98 Å². The Morgan fingerprint density at radius 3 is 1.43 bits per heavy atom. The van der Waals surface area contributed by atoms with Crippen LogP contribution in [0.4, 0.5) is 0 Å². The fourth-order valence-corrected chi connectivity index (χ4v) is 10.6. The number of pyridine rings is 1. The van der Waals surface area contributed by atoms with Gasteiger partial charge >= 0.3 is 0 Å². The summed E-state index contributed by atoms with van der Waals surface area (Å²) >= 11 is 0. The summed E-state index contributed by atoms with van der Waals surface area (Å²) in [4.78, 5) is 34.9. The van der Waals surface area contributed by atoms with E-state index in [9.17, 15) is 5.26 Å². The molecule has 8 aromatic carbocycles. The molecule has 14 rings (SSSR count). The van der Waals surface area contributed by atoms with Crippen molar-refractivity contribution in [1.82, 2.24) is 44.0 Å². The van der Waals surface area contributed by atoms with Gasteiger partial charge in [0.1, 0.15) is 0 Å². The largest absolute Gasteiger partial charge is 0.309 e. The lowest BCUT2D eigenvalue weighted by molar-refractivity contribution is 1.07. The van der Waals surface area contributed by atoms with Crippen LogP contribution in [-0.2, 0) is 0 Å². The smallest absolute Gasteiger partial charge is 0.164 e. The molecule has 1 aliphatic rings. The number of hydrogen-bond donors (Lipinski definition) is 0. The second-order valence-corrected chi connectivity index (χ2v) is 18.8. The average molecular weight is 987 g/mol. The van der Waals surface area contributed by atoms with Crippen molar-refractivity contribution in [2.45, 2.75) is 6.42 Å². The van der Waals surface area contributed by atoms with E-state index in [-0.39, 0.29) is 0 Å². The van der Waals surface area contributed by atoms with Crippen molar-refractivity contribution in [1.29, 1.82) is 5.26 Å². The Morgan fingerprint density at radius 1 is 0.390 bits per heavy atom. The van der Waals surface area contributed by atoms with E-state index in [1.165, 1.54) is 0 Å². The molecule has 360 valence electrons. The predicted molar refractivity (Wildman–Crippen MR) is 308 cm³/mol. The van der Waals surface area contributed by atoms with Gasteiger partial charge in [-0.2, -0.15) is 5.26 Å². The van der Waals surface area contributed by atoms with E-state index in [0.29, 0.717) is 40.5 Å². The zero-order valence-corrected chi connectivity index (χ0v) is 41.3. The van der Waals surface area contributed by atoms with Gasteiger partial charge in [-0.25, -0.2) is 29.9 Å². The van der Waals surface area contributed by atoms with Crippen LogP contribution in [0, 0.1) is 11.3 Å². The van der Waals surface area contributed by atoms with Crippen LogP contribution in [-0.4, -0.2) is 44.0 Å². The Hall–Kier alpha value is -10.8. The summed E-state index contributed by atoms with van der Waals surface area (Å²) in [6.07, 6.45) is 13.3. The minimum Gasteiger partial charge on any atom is -0.309 e. The number of aromatic nitrogens is 9. The molecule has 0 amide bonds. The van der Waals surface area contributed by atoms with E-state index in [1.54, 1.807) is 0 Å². The van der Waals surface area contributed by atoms with E-state index < -0.39 is 0 Å². The molecule has 0 N–H and O–H groups in total. The molecule has 0 fully saturated rings. The standard InChI is InChI=1S/C67H42N10/c68-41-49-30-33-50(76-57-28-15-5-14-26-51(57)54-38-47(31-34-59(54)76)66-72-62(43-18-6-1-7-19-43)70-63(73-66)44-20-8-2-9-21-44)40-53(49)56-42-69-37-36-61(56)77-58-29-17-16-27-52(58)55-39-48(32-35-60(55)77)67-74-64(45-22-10-3-11-23-45)71-65(75-67)46-24-12-4-13-25-46/h1-4,6-40,42H,5H2. The number of benzene rings is 8. The first-order valence-corrected chi connectivity index (χ1v) is 25.4. The molecule has 0 bridgehead atoms. The molecular weight excluding hydrogens is 945 g/mol. The zero-order valence-electron chi connectivity index (χ0n) is 41.3. The first kappa shape index (κ1) is 44.9. The molecule has 0 saturated carbocycles. The molecule has 1 aliphatic carbocycles. The number of allylic oxidation sites excluding steroid dienone is 2. The fraction of sp³-hybridized carbons (Fsp3) is 0.0149. The molecule has 10 heteroatoms. The lowest BCUT2D eigenvalue weighted by Crippen LogP contribution is -2.02. The maximum atomic E-state index is 10.9. The summed E-state index contributed by atoms with van der Waals surface area (Å²) in [6, 6.07) is 72.0. The quantitative estimate of drug-likeness (QED) is 0.140. The Kier molecular flexibility index (Phi) is 11.0. The van der Waals surface area contributed by atoms with E-state index in [0.717, 1.165) is 106 Å². The van der Waals surface area contributed by atoms with Gasteiger partial charge in [-0.15, -0.1) is 0 Å². The van der Waals surface area contributed by atoms with Gasteiger partial charge in [-0.1, -0.05) is 158 Å². The predicted octanol–water partition coefficient (Wildman–Crippen LogP) is 15.5. The molecule has 77 heavy (non-hydrogen) atoms. The van der Waals surface area contributed by atoms with Crippen LogP contribution in [0.2, 0.25) is 0 Å². The third-order valence-electron chi connectivity index (χ3n) is 14.2. The van der Waals surface area contributed by atoms with Gasteiger partial charge in [-0.05, 0) is 79.2 Å². The van der Waals surface area contributed by atoms with Crippen molar-refractivity contribution in [3.8, 4) is 96.9 Å². The minimum absolute atomic E-state index is 0.530. The van der Waals surface area contributed by atoms with E-state index in [1.807, 2.05) is 152 Å². The number of fused-ring (bicyclic) bond motifs is 6. The molecule has 0 unspecified atom stereocenters. The van der Waals surface area contributed by atoms with Crippen LogP contribution in [0.15, 0.2) is 231 Å². The van der Waals surface area contributed by atoms with Crippen molar-refractivity contribution in [3.05, 3.63) is 248 Å². The van der Waals surface area contributed by atoms with Gasteiger partial charge in [0.05, 0.1) is 39.6 Å². The topological polar surface area (TPSA) is 124 Å². The number of para-hydroxylation sites is 1. The van der Waals surface area contributed by atoms with Crippen molar-refractivity contribution in [2.75, 3.05) is 0 Å². The highest BCUT2D eigenvalue weighted by Gasteiger charge is 2.23. The van der Waals surface area contributed by atoms with Crippen LogP contribution in [0.25, 0.3) is 136 Å². The van der Waals surface area contributed by atoms with E-state index in [2.05, 4.69) is 106 Å². The van der Waals surface area contributed by atoms with Gasteiger partial charge in [0, 0.05) is 84.3 Å². The highest BCUT2D eigenvalue weighted by atomic mass is 15.1. The summed E-state index contributed by atoms with van der Waals surface area (Å²) in [7, 11) is 0. The minimum atomic E-state index is 0.530. The lowest BCUT2D eigenvalue weighted by atomic mass is 9.99. The fourth-order valence-electron chi connectivity index (χ4n) is 10.6. The summed E-state index contributed by atoms with van der Waals surface area (Å²) < 4.78 is 4.56. The lowest BCUT2D eigenvalue weighted by Gasteiger charge is -2.17. The average Bonchev–Trinajstić information content (AvgIpc) is 3.88. The third kappa shape index (κ3) is 8.03. The second kappa shape index (κ2) is 18.9. The number of rotatable bonds is 9. The van der Waals surface area contributed by atoms with Gasteiger partial charge < -0.3 is 9.13 Å². The molecule has 13 aromatic rings. The summed E-state index contributed by atoms with van der Waals surface area (Å²) in [5.74, 6) is 3.58. The van der Waals surface area contributed by atoms with Gasteiger partial charge in [0.2, 0.25) is 0 Å². The van der Waals surface area contributed by atoms with E-state index in [4.69, 9.17) is 34.9 Å². The Morgan fingerprint density at radius 2 is 0.870 bits per heavy atom. The SMILES string of the molecule is N#Cc1ccc(-n2c3c(c4cc(-c5nc(-c6ccccc6)nc(-c6ccccc6)n5)ccc42)C=CCC=C3)cc1-c1cnccc1-n1c2ccccc2c2cc(-c3nc(-c4ccccc4)nc(-c4ccccc4)n3)ccc21. The monoisotopic (exact) mass is 986 g/mol. The highest BCUT2D eigenvalue weighted by Crippen LogP contribution is 2.41. The van der Waals surface area contributed by atoms with E-state index >= 15 is 0 Å². The molecular formula is C67H42N10. The zero-order chi connectivity index (χ0) is 51.2. The molecule has 5 heterocycles. The maximum Gasteiger partial charge on any atom is 0.164 e. The van der Waals surface area contributed by atoms with Crippen LogP contribution >= 0.6 is 0 Å². The Bertz CT molecular complexity index is 4420. The molecule has 0 atom stereocenters. The molecule has 10 nitrogen and oxygen atoms in total. The number of hydrogen-bond acceptors (Lipinski definition) is 8. The van der Waals surface area contributed by atoms with Gasteiger partial charge in [0.15, 0.2) is 34.9 Å². The number of nitriles is 1. The van der Waals surface area contributed by atoms with Crippen molar-refractivity contribution in [2.24, 2.45) is 0 Å². The highest BCUT2D eigenvalue weighted by molar-refractivity contribution is 6.11. The molecule has 0 aliphatic heterocycles. The normalized spacial score (nSPS) is 12.0. The first-order chi connectivity index (χ1) is 38.1. The Labute approximate surface area is 443 Å². The van der Waals surface area contributed by atoms with Crippen molar-refractivity contribution < 1.29 is 0 Å². The summed E-state index contributed by atoms with van der Waals surface area (Å²) in [5, 5.41) is 14.0. The van der Waals surface area contributed by atoms with Crippen LogP contribution in [0.5, 0.6) is 0 Å². The van der Waals surface area contributed by atoms with Crippen molar-refractivity contribution in [3.63, 3.8) is 0 Å². The molecule has 0 spiro atoms. The van der Waals surface area contributed by atoms with Crippen LogP contribution < -0.4 is 0 Å². The first-order valence-electron chi connectivity index (χ1n) is 25.4. The maximum absolute atomic E-state index is 10.9. The van der Waals surface area contributed by atoms with Gasteiger partial charge in [0.25, 0.3) is 0 Å². The van der Waals surface area contributed by atoms with Crippen LogP contribution in [0.3, 0.4) is 0 Å². The Balaban J connectivity index is 0.908. The number of nitrogens with zero attached hydrogens (tertiary/aromatic N) is 10.